The molecule has 1 aliphatic heterocycles. The lowest BCUT2D eigenvalue weighted by atomic mass is 10.2. The van der Waals surface area contributed by atoms with E-state index in [0.29, 0.717) is 6.61 Å². The Labute approximate surface area is 121 Å². The number of thiophene rings is 1. The number of hydrogen-bond donors (Lipinski definition) is 1. The summed E-state index contributed by atoms with van der Waals surface area (Å²) in [5.74, 6) is 1.64. The Kier molecular flexibility index (Phi) is 3.92. The van der Waals surface area contributed by atoms with Gasteiger partial charge in [0.1, 0.15) is 12.7 Å². The van der Waals surface area contributed by atoms with Crippen LogP contribution in [0, 0.1) is 0 Å². The maximum absolute atomic E-state index is 5.88. The van der Waals surface area contributed by atoms with Gasteiger partial charge in [-0.1, -0.05) is 23.7 Å². The van der Waals surface area contributed by atoms with Crippen LogP contribution in [0.5, 0.6) is 11.5 Å². The first-order valence-corrected chi connectivity index (χ1v) is 7.39. The van der Waals surface area contributed by atoms with Crippen molar-refractivity contribution in [1.29, 1.82) is 0 Å². The van der Waals surface area contributed by atoms with Crippen molar-refractivity contribution < 1.29 is 9.47 Å². The fraction of sp³-hybridized carbons (Fsp3) is 0.286. The highest BCUT2D eigenvalue weighted by Gasteiger charge is 2.19. The van der Waals surface area contributed by atoms with Crippen molar-refractivity contribution in [2.45, 2.75) is 12.6 Å². The molecule has 0 fully saturated rings. The highest BCUT2D eigenvalue weighted by Crippen LogP contribution is 2.30. The van der Waals surface area contributed by atoms with E-state index in [1.54, 1.807) is 11.3 Å². The van der Waals surface area contributed by atoms with E-state index in [4.69, 9.17) is 21.1 Å². The fourth-order valence-electron chi connectivity index (χ4n) is 1.97. The van der Waals surface area contributed by atoms with Crippen LogP contribution in [0.3, 0.4) is 0 Å². The summed E-state index contributed by atoms with van der Waals surface area (Å²) in [6, 6.07) is 9.73. The van der Waals surface area contributed by atoms with Gasteiger partial charge in [0.25, 0.3) is 0 Å². The van der Waals surface area contributed by atoms with Gasteiger partial charge >= 0.3 is 0 Å². The first-order valence-electron chi connectivity index (χ1n) is 6.13. The summed E-state index contributed by atoms with van der Waals surface area (Å²) in [5.41, 5.74) is 0. The number of ether oxygens (including phenoxy) is 2. The summed E-state index contributed by atoms with van der Waals surface area (Å²) >= 11 is 7.54. The smallest absolute Gasteiger partial charge is 0.161 e. The molecule has 1 atom stereocenters. The molecule has 1 N–H and O–H groups in total. The number of nitrogens with one attached hydrogen (secondary N) is 1. The van der Waals surface area contributed by atoms with E-state index in [9.17, 15) is 0 Å². The lowest BCUT2D eigenvalue weighted by Gasteiger charge is -2.26. The van der Waals surface area contributed by atoms with E-state index >= 15 is 0 Å². The second-order valence-corrected chi connectivity index (χ2v) is 5.79. The number of fused-ring (bicyclic) bond motifs is 1. The van der Waals surface area contributed by atoms with Crippen LogP contribution in [0.4, 0.5) is 0 Å². The molecule has 1 aromatic carbocycles. The predicted molar refractivity (Wildman–Crippen MR) is 77.4 cm³/mol. The molecule has 5 heteroatoms. The van der Waals surface area contributed by atoms with Gasteiger partial charge in [0.15, 0.2) is 11.5 Å². The van der Waals surface area contributed by atoms with Crippen molar-refractivity contribution in [1.82, 2.24) is 5.32 Å². The van der Waals surface area contributed by atoms with E-state index < -0.39 is 0 Å². The number of para-hydroxylation sites is 2. The summed E-state index contributed by atoms with van der Waals surface area (Å²) in [5, 5.41) is 6.10. The topological polar surface area (TPSA) is 30.5 Å². The maximum Gasteiger partial charge on any atom is 0.161 e. The van der Waals surface area contributed by atoms with Gasteiger partial charge in [0, 0.05) is 23.3 Å². The highest BCUT2D eigenvalue weighted by atomic mass is 35.5. The lowest BCUT2D eigenvalue weighted by Crippen LogP contribution is -2.38. The zero-order valence-corrected chi connectivity index (χ0v) is 11.8. The van der Waals surface area contributed by atoms with Crippen LogP contribution in [0.15, 0.2) is 35.7 Å². The Morgan fingerprint density at radius 3 is 2.95 bits per heavy atom. The van der Waals surface area contributed by atoms with Crippen molar-refractivity contribution >= 4 is 22.9 Å². The largest absolute Gasteiger partial charge is 0.486 e. The Morgan fingerprint density at radius 1 is 1.32 bits per heavy atom. The normalized spacial score (nSPS) is 17.4. The van der Waals surface area contributed by atoms with E-state index in [2.05, 4.69) is 5.32 Å². The predicted octanol–water partition coefficient (Wildman–Crippen LogP) is 3.33. The van der Waals surface area contributed by atoms with Crippen LogP contribution in [0.25, 0.3) is 0 Å². The van der Waals surface area contributed by atoms with Gasteiger partial charge in [-0.15, -0.1) is 11.3 Å². The first kappa shape index (κ1) is 12.8. The maximum atomic E-state index is 5.88. The van der Waals surface area contributed by atoms with Crippen molar-refractivity contribution in [3.63, 3.8) is 0 Å². The van der Waals surface area contributed by atoms with Gasteiger partial charge in [-0.05, 0) is 18.2 Å². The third-order valence-electron chi connectivity index (χ3n) is 2.86. The van der Waals surface area contributed by atoms with Crippen molar-refractivity contribution in [3.05, 3.63) is 45.6 Å². The molecule has 1 aromatic heterocycles. The summed E-state index contributed by atoms with van der Waals surface area (Å²) in [6.45, 7) is 2.14. The van der Waals surface area contributed by atoms with Crippen LogP contribution in [-0.2, 0) is 6.54 Å². The van der Waals surface area contributed by atoms with Gasteiger partial charge in [-0.2, -0.15) is 0 Å². The second kappa shape index (κ2) is 5.82. The molecule has 100 valence electrons. The number of halogens is 1. The number of benzene rings is 1. The summed E-state index contributed by atoms with van der Waals surface area (Å²) in [4.78, 5) is 1.22. The van der Waals surface area contributed by atoms with Crippen molar-refractivity contribution in [3.8, 4) is 11.5 Å². The molecule has 3 nitrogen and oxygen atoms in total. The third kappa shape index (κ3) is 3.21. The van der Waals surface area contributed by atoms with E-state index in [1.807, 2.05) is 35.7 Å². The Morgan fingerprint density at radius 2 is 2.16 bits per heavy atom. The molecule has 0 aliphatic carbocycles. The van der Waals surface area contributed by atoms with Gasteiger partial charge < -0.3 is 14.8 Å². The van der Waals surface area contributed by atoms with E-state index in [0.717, 1.165) is 29.6 Å². The lowest BCUT2D eigenvalue weighted by molar-refractivity contribution is 0.0903. The van der Waals surface area contributed by atoms with Gasteiger partial charge in [-0.3, -0.25) is 0 Å². The van der Waals surface area contributed by atoms with Crippen molar-refractivity contribution in [2.75, 3.05) is 13.2 Å². The average Bonchev–Trinajstić information content (AvgIpc) is 2.84. The number of hydrogen-bond acceptors (Lipinski definition) is 4. The number of rotatable bonds is 4. The summed E-state index contributed by atoms with van der Waals surface area (Å²) < 4.78 is 11.5. The molecule has 2 aromatic rings. The second-order valence-electron chi connectivity index (χ2n) is 4.36. The molecule has 0 radical (unpaired) electrons. The van der Waals surface area contributed by atoms with Crippen molar-refractivity contribution in [2.24, 2.45) is 0 Å². The Bertz CT molecular complexity index is 558. The van der Waals surface area contributed by atoms with Gasteiger partial charge in [0.05, 0.1) is 5.02 Å². The molecule has 0 saturated heterocycles. The molecule has 19 heavy (non-hydrogen) atoms. The highest BCUT2D eigenvalue weighted by molar-refractivity contribution is 7.10. The summed E-state index contributed by atoms with van der Waals surface area (Å²) in [6.07, 6.45) is 0.0466. The quantitative estimate of drug-likeness (QED) is 0.938. The Hall–Kier alpha value is -1.23. The first-order chi connectivity index (χ1) is 9.31. The van der Waals surface area contributed by atoms with Crippen LogP contribution in [0.2, 0.25) is 5.02 Å². The molecule has 2 heterocycles. The average molecular weight is 296 g/mol. The molecular formula is C14H14ClNO2S. The monoisotopic (exact) mass is 295 g/mol. The zero-order chi connectivity index (χ0) is 13.1. The standard InChI is InChI=1S/C14H14ClNO2S/c15-10-5-12(19-9-10)7-16-6-11-8-17-13-3-1-2-4-14(13)18-11/h1-5,9,11,16H,6-8H2. The van der Waals surface area contributed by atoms with E-state index in [-0.39, 0.29) is 6.10 Å². The zero-order valence-electron chi connectivity index (χ0n) is 10.3. The molecule has 1 aliphatic rings. The molecular weight excluding hydrogens is 282 g/mol. The molecule has 0 spiro atoms. The SMILES string of the molecule is Clc1csc(CNCC2COc3ccccc3O2)c1. The fourth-order valence-corrected chi connectivity index (χ4v) is 3.01. The van der Waals surface area contributed by atoms with Crippen LogP contribution < -0.4 is 14.8 Å². The van der Waals surface area contributed by atoms with Gasteiger partial charge in [0.2, 0.25) is 0 Å². The molecule has 3 rings (SSSR count). The molecule has 0 bridgehead atoms. The minimum atomic E-state index is 0.0466. The summed E-state index contributed by atoms with van der Waals surface area (Å²) in [7, 11) is 0. The van der Waals surface area contributed by atoms with Crippen LogP contribution in [-0.4, -0.2) is 19.3 Å². The molecule has 0 amide bonds. The van der Waals surface area contributed by atoms with Gasteiger partial charge in [-0.25, -0.2) is 0 Å². The van der Waals surface area contributed by atoms with Crippen LogP contribution in [0.1, 0.15) is 4.88 Å². The third-order valence-corrected chi connectivity index (χ3v) is 4.14. The van der Waals surface area contributed by atoms with E-state index in [1.165, 1.54) is 4.88 Å². The Balaban J connectivity index is 1.50. The molecule has 1 unspecified atom stereocenters. The van der Waals surface area contributed by atoms with Crippen LogP contribution >= 0.6 is 22.9 Å². The molecule has 0 saturated carbocycles. The minimum absolute atomic E-state index is 0.0466. The minimum Gasteiger partial charge on any atom is -0.486 e.